The molecule has 0 saturated heterocycles. The molecule has 3 nitrogen and oxygen atoms in total. The van der Waals surface area contributed by atoms with Crippen LogP contribution in [0.15, 0.2) is 22.7 Å². The Balaban J connectivity index is 2.49. The summed E-state index contributed by atoms with van der Waals surface area (Å²) in [6.45, 7) is 4.11. The van der Waals surface area contributed by atoms with Gasteiger partial charge in [0.25, 0.3) is 0 Å². The summed E-state index contributed by atoms with van der Waals surface area (Å²) in [5.74, 6) is 1.01. The predicted molar refractivity (Wildman–Crippen MR) is 70.3 cm³/mol. The maximum Gasteiger partial charge on any atom is 0.106 e. The number of nitrogen functional groups attached to an aromatic ring is 1. The molecule has 0 amide bonds. The minimum absolute atomic E-state index is 0.734. The summed E-state index contributed by atoms with van der Waals surface area (Å²) in [6.07, 6.45) is 0.910. The first-order chi connectivity index (χ1) is 7.61. The third-order valence-corrected chi connectivity index (χ3v) is 3.26. The molecule has 0 radical (unpaired) electrons. The zero-order valence-corrected chi connectivity index (χ0v) is 10.9. The molecule has 0 atom stereocenters. The Bertz CT molecular complexity index is 517. The van der Waals surface area contributed by atoms with Gasteiger partial charge in [0.05, 0.1) is 5.69 Å². The van der Waals surface area contributed by atoms with Gasteiger partial charge in [-0.25, -0.2) is 4.98 Å². The molecule has 4 heteroatoms. The highest BCUT2D eigenvalue weighted by Gasteiger charge is 2.08. The van der Waals surface area contributed by atoms with Gasteiger partial charge in [-0.1, -0.05) is 13.0 Å². The van der Waals surface area contributed by atoms with Gasteiger partial charge in [0.1, 0.15) is 5.82 Å². The van der Waals surface area contributed by atoms with E-state index in [1.54, 1.807) is 0 Å². The molecule has 0 aliphatic heterocycles. The largest absolute Gasteiger partial charge is 0.398 e. The maximum absolute atomic E-state index is 5.86. The van der Waals surface area contributed by atoms with Crippen LogP contribution in [0.1, 0.15) is 18.4 Å². The Kier molecular flexibility index (Phi) is 3.01. The molecule has 16 heavy (non-hydrogen) atoms. The number of nitrogens with two attached hydrogens (primary N) is 1. The predicted octanol–water partition coefficient (Wildman–Crippen LogP) is 3.29. The number of nitrogens with one attached hydrogen (secondary N) is 1. The molecule has 0 fully saturated rings. The molecule has 0 aliphatic carbocycles. The van der Waals surface area contributed by atoms with E-state index in [1.165, 1.54) is 0 Å². The first-order valence-corrected chi connectivity index (χ1v) is 6.02. The summed E-state index contributed by atoms with van der Waals surface area (Å²) in [5.41, 5.74) is 9.71. The van der Waals surface area contributed by atoms with Gasteiger partial charge in [0.2, 0.25) is 0 Å². The summed E-state index contributed by atoms with van der Waals surface area (Å²) < 4.78 is 0.917. The Morgan fingerprint density at radius 2 is 2.19 bits per heavy atom. The maximum atomic E-state index is 5.86. The molecule has 0 aliphatic rings. The van der Waals surface area contributed by atoms with Gasteiger partial charge < -0.3 is 10.7 Å². The van der Waals surface area contributed by atoms with Crippen LogP contribution in [0.25, 0.3) is 11.3 Å². The molecular formula is C12H14BrN3. The molecule has 84 valence electrons. The Morgan fingerprint density at radius 1 is 1.44 bits per heavy atom. The summed E-state index contributed by atoms with van der Waals surface area (Å²) in [4.78, 5) is 7.81. The van der Waals surface area contributed by atoms with E-state index >= 15 is 0 Å². The summed E-state index contributed by atoms with van der Waals surface area (Å²) >= 11 is 3.39. The first-order valence-electron chi connectivity index (χ1n) is 5.22. The van der Waals surface area contributed by atoms with Crippen molar-refractivity contribution >= 4 is 21.6 Å². The van der Waals surface area contributed by atoms with Crippen LogP contribution >= 0.6 is 15.9 Å². The van der Waals surface area contributed by atoms with E-state index in [4.69, 9.17) is 5.73 Å². The molecule has 3 N–H and O–H groups in total. The average molecular weight is 280 g/mol. The number of hydrogen-bond acceptors (Lipinski definition) is 2. The SMILES string of the molecule is CCc1nc(-c2ccc(Br)c(N)c2)c(C)[nH]1. The zero-order valence-electron chi connectivity index (χ0n) is 9.34. The molecular weight excluding hydrogens is 266 g/mol. The number of aryl methyl sites for hydroxylation is 2. The first kappa shape index (κ1) is 11.2. The van der Waals surface area contributed by atoms with Crippen LogP contribution in [0, 0.1) is 6.92 Å². The number of anilines is 1. The van der Waals surface area contributed by atoms with Gasteiger partial charge in [-0.2, -0.15) is 0 Å². The van der Waals surface area contributed by atoms with Crippen molar-refractivity contribution in [3.8, 4) is 11.3 Å². The molecule has 1 aromatic carbocycles. The smallest absolute Gasteiger partial charge is 0.106 e. The third-order valence-electron chi connectivity index (χ3n) is 2.54. The van der Waals surface area contributed by atoms with Gasteiger partial charge in [0.15, 0.2) is 0 Å². The van der Waals surface area contributed by atoms with Crippen molar-refractivity contribution in [2.75, 3.05) is 5.73 Å². The lowest BCUT2D eigenvalue weighted by Crippen LogP contribution is -1.89. The van der Waals surface area contributed by atoms with E-state index < -0.39 is 0 Å². The highest BCUT2D eigenvalue weighted by Crippen LogP contribution is 2.27. The number of hydrogen-bond donors (Lipinski definition) is 2. The number of benzene rings is 1. The standard InChI is InChI=1S/C12H14BrN3/c1-3-11-15-7(2)12(16-11)8-4-5-9(13)10(14)6-8/h4-6H,3,14H2,1-2H3,(H,15,16). The number of H-pyrrole nitrogens is 1. The highest BCUT2D eigenvalue weighted by molar-refractivity contribution is 9.10. The van der Waals surface area contributed by atoms with Crippen LogP contribution in [0.2, 0.25) is 0 Å². The van der Waals surface area contributed by atoms with Crippen molar-refractivity contribution in [3.63, 3.8) is 0 Å². The molecule has 0 spiro atoms. The fourth-order valence-electron chi connectivity index (χ4n) is 1.66. The fourth-order valence-corrected chi connectivity index (χ4v) is 1.91. The second-order valence-electron chi connectivity index (χ2n) is 3.75. The lowest BCUT2D eigenvalue weighted by atomic mass is 10.1. The van der Waals surface area contributed by atoms with Crippen molar-refractivity contribution in [1.82, 2.24) is 9.97 Å². The fraction of sp³-hybridized carbons (Fsp3) is 0.250. The van der Waals surface area contributed by atoms with Gasteiger partial charge in [-0.15, -0.1) is 0 Å². The number of aromatic nitrogens is 2. The normalized spacial score (nSPS) is 10.7. The number of halogens is 1. The van der Waals surface area contributed by atoms with Crippen molar-refractivity contribution in [2.45, 2.75) is 20.3 Å². The second kappa shape index (κ2) is 4.29. The molecule has 0 saturated carbocycles. The monoisotopic (exact) mass is 279 g/mol. The van der Waals surface area contributed by atoms with Crippen molar-refractivity contribution in [2.24, 2.45) is 0 Å². The van der Waals surface area contributed by atoms with Crippen LogP contribution in [-0.2, 0) is 6.42 Å². The molecule has 2 aromatic rings. The highest BCUT2D eigenvalue weighted by atomic mass is 79.9. The van der Waals surface area contributed by atoms with Gasteiger partial charge in [-0.05, 0) is 35.0 Å². The minimum atomic E-state index is 0.734. The van der Waals surface area contributed by atoms with Gasteiger partial charge in [0, 0.05) is 27.8 Å². The molecule has 1 heterocycles. The van der Waals surface area contributed by atoms with Crippen molar-refractivity contribution in [3.05, 3.63) is 34.2 Å². The summed E-state index contributed by atoms with van der Waals surface area (Å²) in [5, 5.41) is 0. The molecule has 1 aromatic heterocycles. The number of aromatic amines is 1. The van der Waals surface area contributed by atoms with Crippen LogP contribution < -0.4 is 5.73 Å². The number of imidazole rings is 1. The van der Waals surface area contributed by atoms with Crippen LogP contribution in [-0.4, -0.2) is 9.97 Å². The molecule has 2 rings (SSSR count). The van der Waals surface area contributed by atoms with Crippen molar-refractivity contribution in [1.29, 1.82) is 0 Å². The lowest BCUT2D eigenvalue weighted by molar-refractivity contribution is 0.982. The Hall–Kier alpha value is -1.29. The van der Waals surface area contributed by atoms with E-state index in [0.29, 0.717) is 0 Å². The van der Waals surface area contributed by atoms with E-state index in [-0.39, 0.29) is 0 Å². The number of nitrogens with zero attached hydrogens (tertiary/aromatic N) is 1. The summed E-state index contributed by atoms with van der Waals surface area (Å²) in [6, 6.07) is 5.90. The van der Waals surface area contributed by atoms with Crippen LogP contribution in [0.3, 0.4) is 0 Å². The van der Waals surface area contributed by atoms with Gasteiger partial charge in [-0.3, -0.25) is 0 Å². The number of rotatable bonds is 2. The van der Waals surface area contributed by atoms with Crippen LogP contribution in [0.5, 0.6) is 0 Å². The topological polar surface area (TPSA) is 54.7 Å². The Labute approximate surface area is 103 Å². The van der Waals surface area contributed by atoms with E-state index in [2.05, 4.69) is 32.8 Å². The lowest BCUT2D eigenvalue weighted by Gasteiger charge is -2.02. The summed E-state index contributed by atoms with van der Waals surface area (Å²) in [7, 11) is 0. The van der Waals surface area contributed by atoms with E-state index in [0.717, 1.165) is 39.4 Å². The second-order valence-corrected chi connectivity index (χ2v) is 4.60. The molecule has 0 unspecified atom stereocenters. The van der Waals surface area contributed by atoms with Gasteiger partial charge >= 0.3 is 0 Å². The quantitative estimate of drug-likeness (QED) is 0.829. The van der Waals surface area contributed by atoms with Crippen molar-refractivity contribution < 1.29 is 0 Å². The third kappa shape index (κ3) is 1.97. The van der Waals surface area contributed by atoms with Crippen LogP contribution in [0.4, 0.5) is 5.69 Å². The average Bonchev–Trinajstić information content (AvgIpc) is 2.64. The van der Waals surface area contributed by atoms with E-state index in [1.807, 2.05) is 25.1 Å². The van der Waals surface area contributed by atoms with E-state index in [9.17, 15) is 0 Å². The Morgan fingerprint density at radius 3 is 2.75 bits per heavy atom. The minimum Gasteiger partial charge on any atom is -0.398 e. The zero-order chi connectivity index (χ0) is 11.7. The molecule has 0 bridgehead atoms.